The van der Waals surface area contributed by atoms with Gasteiger partial charge in [0.05, 0.1) is 18.6 Å². The molecule has 1 aliphatic heterocycles. The van der Waals surface area contributed by atoms with Gasteiger partial charge in [0.15, 0.2) is 0 Å². The maximum Gasteiger partial charge on any atom is 0.243 e. The summed E-state index contributed by atoms with van der Waals surface area (Å²) in [6.07, 6.45) is 0.430. The number of carbonyl (C=O) groups is 1. The number of methoxy groups -OCH3 is 1. The Hall–Kier alpha value is -3.20. The predicted octanol–water partition coefficient (Wildman–Crippen LogP) is 3.34. The lowest BCUT2D eigenvalue weighted by molar-refractivity contribution is -0.131. The fourth-order valence-corrected chi connectivity index (χ4v) is 5.85. The average molecular weight is 508 g/mol. The topological polar surface area (TPSA) is 79.0 Å². The van der Waals surface area contributed by atoms with Gasteiger partial charge in [0.1, 0.15) is 5.75 Å². The number of benzene rings is 3. The van der Waals surface area contributed by atoms with Gasteiger partial charge in [-0.25, -0.2) is 8.42 Å². The Morgan fingerprint density at radius 3 is 2.33 bits per heavy atom. The third-order valence-corrected chi connectivity index (χ3v) is 8.41. The summed E-state index contributed by atoms with van der Waals surface area (Å²) in [5.74, 6) is 0.516. The van der Waals surface area contributed by atoms with Crippen LogP contribution < -0.4 is 10.1 Å². The molecule has 0 unspecified atom stereocenters. The number of rotatable bonds is 9. The van der Waals surface area contributed by atoms with Gasteiger partial charge in [-0.1, -0.05) is 54.6 Å². The molecule has 36 heavy (non-hydrogen) atoms. The number of ether oxygens (including phenoxy) is 1. The summed E-state index contributed by atoms with van der Waals surface area (Å²) in [5.41, 5.74) is 4.02. The van der Waals surface area contributed by atoms with Crippen molar-refractivity contribution in [1.82, 2.24) is 14.5 Å². The van der Waals surface area contributed by atoms with Gasteiger partial charge in [-0.05, 0) is 53.8 Å². The van der Waals surface area contributed by atoms with E-state index in [9.17, 15) is 13.2 Å². The standard InChI is InChI=1S/C28H33N3O4S/c1-22-7-3-5-9-26(22)23-11-13-25(14-12-23)36(33,34)31(21-28(32)30-19-16-29-17-20-30)18-15-24-8-4-6-10-27(24)35-2/h3-14,29H,15-21H2,1-2H3. The van der Waals surface area contributed by atoms with Crippen molar-refractivity contribution in [3.8, 4) is 16.9 Å². The monoisotopic (exact) mass is 507 g/mol. The number of sulfonamides is 1. The van der Waals surface area contributed by atoms with Gasteiger partial charge in [-0.3, -0.25) is 4.79 Å². The third-order valence-electron chi connectivity index (χ3n) is 6.55. The van der Waals surface area contributed by atoms with Crippen molar-refractivity contribution in [3.05, 3.63) is 83.9 Å². The molecule has 1 N–H and O–H groups in total. The summed E-state index contributed by atoms with van der Waals surface area (Å²) in [5, 5.41) is 3.22. The molecule has 0 aromatic heterocycles. The number of aryl methyl sites for hydroxylation is 1. The van der Waals surface area contributed by atoms with Crippen LogP contribution in [0.15, 0.2) is 77.7 Å². The zero-order valence-electron chi connectivity index (χ0n) is 20.8. The van der Waals surface area contributed by atoms with Crippen molar-refractivity contribution in [2.45, 2.75) is 18.2 Å². The van der Waals surface area contributed by atoms with Crippen LogP contribution in [0.3, 0.4) is 0 Å². The van der Waals surface area contributed by atoms with E-state index in [2.05, 4.69) is 5.32 Å². The Labute approximate surface area is 213 Å². The first-order chi connectivity index (χ1) is 17.4. The van der Waals surface area contributed by atoms with Gasteiger partial charge < -0.3 is 15.0 Å². The van der Waals surface area contributed by atoms with Crippen LogP contribution in [0.25, 0.3) is 11.1 Å². The lowest BCUT2D eigenvalue weighted by atomic mass is 10.0. The van der Waals surface area contributed by atoms with Crippen LogP contribution in [0.2, 0.25) is 0 Å². The second-order valence-corrected chi connectivity index (χ2v) is 10.8. The van der Waals surface area contributed by atoms with Crippen LogP contribution in [0, 0.1) is 6.92 Å². The molecule has 190 valence electrons. The molecule has 3 aromatic carbocycles. The van der Waals surface area contributed by atoms with Gasteiger partial charge >= 0.3 is 0 Å². The van der Waals surface area contributed by atoms with Crippen molar-refractivity contribution < 1.29 is 17.9 Å². The van der Waals surface area contributed by atoms with E-state index in [1.807, 2.05) is 67.6 Å². The highest BCUT2D eigenvalue weighted by atomic mass is 32.2. The van der Waals surface area contributed by atoms with Crippen LogP contribution in [0.5, 0.6) is 5.75 Å². The molecule has 0 radical (unpaired) electrons. The quantitative estimate of drug-likeness (QED) is 0.481. The lowest BCUT2D eigenvalue weighted by Gasteiger charge is -2.30. The SMILES string of the molecule is COc1ccccc1CCN(CC(=O)N1CCNCC1)S(=O)(=O)c1ccc(-c2ccccc2C)cc1. The molecule has 0 spiro atoms. The fraction of sp³-hybridized carbons (Fsp3) is 0.321. The first kappa shape index (κ1) is 25.9. The number of para-hydroxylation sites is 1. The second-order valence-electron chi connectivity index (χ2n) is 8.87. The molecule has 8 heteroatoms. The highest BCUT2D eigenvalue weighted by Crippen LogP contribution is 2.26. The molecule has 0 atom stereocenters. The summed E-state index contributed by atoms with van der Waals surface area (Å²) in [6, 6.07) is 22.4. The molecule has 3 aromatic rings. The number of hydrogen-bond donors (Lipinski definition) is 1. The molecule has 1 amide bonds. The normalized spacial score (nSPS) is 14.1. The van der Waals surface area contributed by atoms with E-state index in [4.69, 9.17) is 4.74 Å². The van der Waals surface area contributed by atoms with Crippen molar-refractivity contribution in [2.75, 3.05) is 46.4 Å². The second kappa shape index (κ2) is 11.7. The fourth-order valence-electron chi connectivity index (χ4n) is 4.46. The smallest absolute Gasteiger partial charge is 0.243 e. The van der Waals surface area contributed by atoms with Crippen LogP contribution in [0.4, 0.5) is 0 Å². The molecule has 0 bridgehead atoms. The first-order valence-electron chi connectivity index (χ1n) is 12.2. The number of amides is 1. The molecule has 1 saturated heterocycles. The molecular weight excluding hydrogens is 474 g/mol. The Balaban J connectivity index is 1.59. The summed E-state index contributed by atoms with van der Waals surface area (Å²) in [6.45, 7) is 4.56. The zero-order chi connectivity index (χ0) is 25.5. The van der Waals surface area contributed by atoms with E-state index in [0.717, 1.165) is 22.3 Å². The van der Waals surface area contributed by atoms with Crippen molar-refractivity contribution in [1.29, 1.82) is 0 Å². The van der Waals surface area contributed by atoms with E-state index in [1.54, 1.807) is 24.1 Å². The first-order valence-corrected chi connectivity index (χ1v) is 13.6. The van der Waals surface area contributed by atoms with Gasteiger partial charge in [-0.2, -0.15) is 4.31 Å². The minimum absolute atomic E-state index is 0.167. The van der Waals surface area contributed by atoms with Crippen LogP contribution >= 0.6 is 0 Å². The maximum absolute atomic E-state index is 13.8. The van der Waals surface area contributed by atoms with Gasteiger partial charge in [-0.15, -0.1) is 0 Å². The minimum Gasteiger partial charge on any atom is -0.496 e. The number of nitrogens with zero attached hydrogens (tertiary/aromatic N) is 2. The maximum atomic E-state index is 13.8. The van der Waals surface area contributed by atoms with Crippen LogP contribution in [0.1, 0.15) is 11.1 Å². The van der Waals surface area contributed by atoms with Crippen LogP contribution in [-0.2, 0) is 21.2 Å². The Bertz CT molecular complexity index is 1290. The summed E-state index contributed by atoms with van der Waals surface area (Å²) in [4.78, 5) is 15.0. The number of hydrogen-bond acceptors (Lipinski definition) is 5. The molecule has 0 aliphatic carbocycles. The highest BCUT2D eigenvalue weighted by Gasteiger charge is 2.29. The zero-order valence-corrected chi connectivity index (χ0v) is 21.6. The van der Waals surface area contributed by atoms with Gasteiger partial charge in [0, 0.05) is 32.7 Å². The van der Waals surface area contributed by atoms with E-state index >= 15 is 0 Å². The lowest BCUT2D eigenvalue weighted by Crippen LogP contribution is -2.50. The minimum atomic E-state index is -3.90. The third kappa shape index (κ3) is 5.95. The van der Waals surface area contributed by atoms with Crippen molar-refractivity contribution in [2.24, 2.45) is 0 Å². The molecule has 7 nitrogen and oxygen atoms in total. The van der Waals surface area contributed by atoms with Gasteiger partial charge in [0.2, 0.25) is 15.9 Å². The molecule has 1 heterocycles. The van der Waals surface area contributed by atoms with Crippen molar-refractivity contribution in [3.63, 3.8) is 0 Å². The molecule has 1 fully saturated rings. The Morgan fingerprint density at radius 2 is 1.64 bits per heavy atom. The van der Waals surface area contributed by atoms with E-state index in [0.29, 0.717) is 38.3 Å². The Kier molecular flexibility index (Phi) is 8.40. The van der Waals surface area contributed by atoms with E-state index in [1.165, 1.54) is 4.31 Å². The number of carbonyl (C=O) groups excluding carboxylic acids is 1. The predicted molar refractivity (Wildman–Crippen MR) is 142 cm³/mol. The molecule has 0 saturated carbocycles. The number of piperazine rings is 1. The summed E-state index contributed by atoms with van der Waals surface area (Å²) < 4.78 is 34.2. The molecular formula is C28H33N3O4S. The van der Waals surface area contributed by atoms with E-state index in [-0.39, 0.29) is 23.9 Å². The number of nitrogens with one attached hydrogen (secondary N) is 1. The van der Waals surface area contributed by atoms with Gasteiger partial charge in [0.25, 0.3) is 0 Å². The molecule has 1 aliphatic rings. The Morgan fingerprint density at radius 1 is 0.972 bits per heavy atom. The van der Waals surface area contributed by atoms with E-state index < -0.39 is 10.0 Å². The summed E-state index contributed by atoms with van der Waals surface area (Å²) in [7, 11) is -2.31. The molecule has 4 rings (SSSR count). The average Bonchev–Trinajstić information content (AvgIpc) is 2.91. The highest BCUT2D eigenvalue weighted by molar-refractivity contribution is 7.89. The largest absolute Gasteiger partial charge is 0.496 e. The summed E-state index contributed by atoms with van der Waals surface area (Å²) >= 11 is 0. The van der Waals surface area contributed by atoms with Crippen LogP contribution in [-0.4, -0.2) is 69.9 Å². The van der Waals surface area contributed by atoms with Crippen molar-refractivity contribution >= 4 is 15.9 Å².